The van der Waals surface area contributed by atoms with Crippen LogP contribution in [-0.4, -0.2) is 56.7 Å². The highest BCUT2D eigenvalue weighted by Crippen LogP contribution is 2.21. The number of hydrogen-bond donors (Lipinski definition) is 3. The Balaban J connectivity index is 1.50. The number of rotatable bonds is 10. The van der Waals surface area contributed by atoms with E-state index in [0.29, 0.717) is 35.0 Å². The molecule has 2 aromatic carbocycles. The van der Waals surface area contributed by atoms with Crippen LogP contribution in [-0.2, 0) is 23.1 Å². The van der Waals surface area contributed by atoms with E-state index in [-0.39, 0.29) is 31.0 Å². The van der Waals surface area contributed by atoms with Crippen LogP contribution in [0.15, 0.2) is 66.9 Å². The van der Waals surface area contributed by atoms with Gasteiger partial charge in [-0.15, -0.1) is 0 Å². The molecular formula is C28H28N6O6. The third-order valence-electron chi connectivity index (χ3n) is 6.05. The van der Waals surface area contributed by atoms with Gasteiger partial charge in [-0.1, -0.05) is 6.07 Å². The summed E-state index contributed by atoms with van der Waals surface area (Å²) >= 11 is 0. The van der Waals surface area contributed by atoms with Gasteiger partial charge in [-0.2, -0.15) is 0 Å². The van der Waals surface area contributed by atoms with Crippen LogP contribution < -0.4 is 15.5 Å². The van der Waals surface area contributed by atoms with Crippen molar-refractivity contribution in [3.63, 3.8) is 0 Å². The fraction of sp³-hybridized carbons (Fsp3) is 0.214. The lowest BCUT2D eigenvalue weighted by atomic mass is 10.1. The zero-order valence-electron chi connectivity index (χ0n) is 22.0. The number of carboxylic acid groups (broad SMARTS) is 1. The molecule has 12 heteroatoms. The first-order valence-corrected chi connectivity index (χ1v) is 12.5. The van der Waals surface area contributed by atoms with Crippen molar-refractivity contribution in [2.24, 2.45) is 7.05 Å². The van der Waals surface area contributed by atoms with Crippen molar-refractivity contribution in [3.05, 3.63) is 83.8 Å². The number of pyridine rings is 1. The quantitative estimate of drug-likeness (QED) is 0.254. The second-order valence-corrected chi connectivity index (χ2v) is 8.68. The smallest absolute Gasteiger partial charge is 0.411 e. The van der Waals surface area contributed by atoms with E-state index in [1.807, 2.05) is 17.7 Å². The zero-order valence-corrected chi connectivity index (χ0v) is 22.0. The molecule has 0 atom stereocenters. The Morgan fingerprint density at radius 1 is 1.02 bits per heavy atom. The van der Waals surface area contributed by atoms with Gasteiger partial charge < -0.3 is 19.7 Å². The maximum absolute atomic E-state index is 13.5. The van der Waals surface area contributed by atoms with E-state index < -0.39 is 18.0 Å². The molecule has 2 aromatic heterocycles. The summed E-state index contributed by atoms with van der Waals surface area (Å²) in [7, 11) is 1.87. The normalized spacial score (nSPS) is 10.7. The number of imidazole rings is 1. The van der Waals surface area contributed by atoms with Gasteiger partial charge in [-0.3, -0.25) is 24.6 Å². The minimum Gasteiger partial charge on any atom is -0.466 e. The van der Waals surface area contributed by atoms with Gasteiger partial charge in [0.1, 0.15) is 11.6 Å². The van der Waals surface area contributed by atoms with E-state index in [9.17, 15) is 19.2 Å². The van der Waals surface area contributed by atoms with Crippen molar-refractivity contribution in [1.29, 1.82) is 0 Å². The number of aromatic nitrogens is 3. The number of fused-ring (bicyclic) bond motifs is 1. The van der Waals surface area contributed by atoms with Gasteiger partial charge in [0.15, 0.2) is 0 Å². The number of imide groups is 1. The Kier molecular flexibility index (Phi) is 8.69. The first kappa shape index (κ1) is 27.8. The third-order valence-corrected chi connectivity index (χ3v) is 6.05. The summed E-state index contributed by atoms with van der Waals surface area (Å²) in [4.78, 5) is 58.4. The fourth-order valence-corrected chi connectivity index (χ4v) is 4.06. The molecule has 206 valence electrons. The van der Waals surface area contributed by atoms with Crippen molar-refractivity contribution < 1.29 is 29.0 Å². The number of nitrogens with one attached hydrogen (secondary N) is 2. The van der Waals surface area contributed by atoms with E-state index in [2.05, 4.69) is 10.3 Å². The average molecular weight is 545 g/mol. The summed E-state index contributed by atoms with van der Waals surface area (Å²) < 4.78 is 6.92. The van der Waals surface area contributed by atoms with Crippen LogP contribution in [0.4, 0.5) is 16.3 Å². The van der Waals surface area contributed by atoms with Crippen LogP contribution >= 0.6 is 0 Å². The molecule has 0 aliphatic carbocycles. The molecular weight excluding hydrogens is 516 g/mol. The van der Waals surface area contributed by atoms with Gasteiger partial charge in [0.25, 0.3) is 11.8 Å². The van der Waals surface area contributed by atoms with Crippen LogP contribution in [0.1, 0.15) is 39.9 Å². The van der Waals surface area contributed by atoms with Gasteiger partial charge in [-0.25, -0.2) is 14.8 Å². The highest BCUT2D eigenvalue weighted by Gasteiger charge is 2.21. The van der Waals surface area contributed by atoms with Gasteiger partial charge >= 0.3 is 12.1 Å². The fourth-order valence-electron chi connectivity index (χ4n) is 4.06. The molecule has 4 aromatic rings. The number of nitrogens with zero attached hydrogens (tertiary/aromatic N) is 4. The Morgan fingerprint density at radius 2 is 1.77 bits per heavy atom. The zero-order chi connectivity index (χ0) is 28.6. The number of ether oxygens (including phenoxy) is 1. The molecule has 0 bridgehead atoms. The molecule has 0 fully saturated rings. The van der Waals surface area contributed by atoms with E-state index >= 15 is 0 Å². The molecule has 0 aliphatic heterocycles. The minimum atomic E-state index is -1.42. The van der Waals surface area contributed by atoms with Gasteiger partial charge in [0.2, 0.25) is 0 Å². The Bertz CT molecular complexity index is 1530. The Labute approximate surface area is 229 Å². The van der Waals surface area contributed by atoms with Gasteiger partial charge in [0.05, 0.1) is 30.6 Å². The number of amides is 3. The third kappa shape index (κ3) is 6.59. The number of anilines is 2. The average Bonchev–Trinajstić information content (AvgIpc) is 3.27. The maximum atomic E-state index is 13.5. The molecule has 0 unspecified atom stereocenters. The summed E-state index contributed by atoms with van der Waals surface area (Å²) in [5, 5.41) is 13.7. The number of benzene rings is 2. The van der Waals surface area contributed by atoms with Crippen LogP contribution in [0.2, 0.25) is 0 Å². The topological polar surface area (TPSA) is 156 Å². The number of aryl methyl sites for hydroxylation is 1. The summed E-state index contributed by atoms with van der Waals surface area (Å²) in [6, 6.07) is 16.8. The van der Waals surface area contributed by atoms with E-state index in [4.69, 9.17) is 14.8 Å². The van der Waals surface area contributed by atoms with Crippen LogP contribution in [0.5, 0.6) is 0 Å². The predicted octanol–water partition coefficient (Wildman–Crippen LogP) is 3.59. The van der Waals surface area contributed by atoms with Crippen molar-refractivity contribution in [3.8, 4) is 0 Å². The summed E-state index contributed by atoms with van der Waals surface area (Å²) in [6.45, 7) is 2.46. The molecule has 12 nitrogen and oxygen atoms in total. The molecule has 3 amide bonds. The number of carbonyl (C=O) groups is 4. The van der Waals surface area contributed by atoms with Gasteiger partial charge in [0, 0.05) is 36.6 Å². The second kappa shape index (κ2) is 12.5. The highest BCUT2D eigenvalue weighted by atomic mass is 16.5. The summed E-state index contributed by atoms with van der Waals surface area (Å²) in [5.41, 5.74) is 2.77. The van der Waals surface area contributed by atoms with Crippen LogP contribution in [0.3, 0.4) is 0 Å². The highest BCUT2D eigenvalue weighted by molar-refractivity contribution is 6.07. The SMILES string of the molecule is CCOC(=O)CCN(C(=O)c1ccc2c(c1)nc(CNc1ccc(C(=O)NC(=O)O)cc1)n2C)c1ccccn1. The molecule has 0 radical (unpaired) electrons. The maximum Gasteiger partial charge on any atom is 0.411 e. The molecule has 2 heterocycles. The standard InChI is InChI=1S/C28H28N6O6/c1-3-40-25(35)13-15-34(23-6-4-5-14-29-23)27(37)19-9-12-22-21(16-19)31-24(33(22)2)17-30-20-10-7-18(8-11-20)26(36)32-28(38)39/h4-12,14,16,30H,3,13,15,17H2,1-2H3,(H,32,36)(H,38,39). The molecule has 0 aliphatic rings. The van der Waals surface area contributed by atoms with Crippen LogP contribution in [0.25, 0.3) is 11.0 Å². The summed E-state index contributed by atoms with van der Waals surface area (Å²) in [5.74, 6) is -0.290. The predicted molar refractivity (Wildman–Crippen MR) is 147 cm³/mol. The first-order valence-electron chi connectivity index (χ1n) is 12.5. The molecule has 3 N–H and O–H groups in total. The number of carbonyl (C=O) groups excluding carboxylic acids is 3. The number of esters is 1. The molecule has 4 rings (SSSR count). The monoisotopic (exact) mass is 544 g/mol. The van der Waals surface area contributed by atoms with E-state index in [1.165, 1.54) is 17.0 Å². The Hall–Kier alpha value is -5.26. The van der Waals surface area contributed by atoms with Crippen molar-refractivity contribution in [2.45, 2.75) is 19.9 Å². The van der Waals surface area contributed by atoms with Gasteiger partial charge in [-0.05, 0) is 61.5 Å². The lowest BCUT2D eigenvalue weighted by Crippen LogP contribution is -2.34. The summed E-state index contributed by atoms with van der Waals surface area (Å²) in [6.07, 6.45) is 0.197. The molecule has 0 spiro atoms. The lowest BCUT2D eigenvalue weighted by Gasteiger charge is -2.21. The molecule has 0 saturated heterocycles. The Morgan fingerprint density at radius 3 is 2.45 bits per heavy atom. The molecule has 0 saturated carbocycles. The number of hydrogen-bond acceptors (Lipinski definition) is 8. The first-order chi connectivity index (χ1) is 19.3. The minimum absolute atomic E-state index is 0.0308. The van der Waals surface area contributed by atoms with Crippen LogP contribution in [0, 0.1) is 0 Å². The van der Waals surface area contributed by atoms with Crippen molar-refractivity contribution >= 4 is 46.4 Å². The van der Waals surface area contributed by atoms with Crippen molar-refractivity contribution in [2.75, 3.05) is 23.4 Å². The van der Waals surface area contributed by atoms with E-state index in [0.717, 1.165) is 5.52 Å². The second-order valence-electron chi connectivity index (χ2n) is 8.68. The van der Waals surface area contributed by atoms with E-state index in [1.54, 1.807) is 60.9 Å². The van der Waals surface area contributed by atoms with Crippen molar-refractivity contribution in [1.82, 2.24) is 19.9 Å². The largest absolute Gasteiger partial charge is 0.466 e. The lowest BCUT2D eigenvalue weighted by molar-refractivity contribution is -0.142. The molecule has 40 heavy (non-hydrogen) atoms.